The van der Waals surface area contributed by atoms with Crippen molar-refractivity contribution in [2.45, 2.75) is 6.54 Å². The smallest absolute Gasteiger partial charge is 0.315 e. The Bertz CT molecular complexity index is 618. The molecule has 2 amide bonds. The zero-order valence-electron chi connectivity index (χ0n) is 11.8. The Labute approximate surface area is 139 Å². The van der Waals surface area contributed by atoms with Crippen LogP contribution in [0.1, 0.15) is 5.56 Å². The fraction of sp³-hybridized carbons (Fsp3) is 0.188. The Kier molecular flexibility index (Phi) is 6.37. The van der Waals surface area contributed by atoms with Crippen molar-refractivity contribution in [1.82, 2.24) is 10.6 Å². The van der Waals surface area contributed by atoms with Gasteiger partial charge in [-0.2, -0.15) is 0 Å². The van der Waals surface area contributed by atoms with Gasteiger partial charge in [0.25, 0.3) is 0 Å². The van der Waals surface area contributed by atoms with Crippen LogP contribution >= 0.6 is 23.2 Å². The summed E-state index contributed by atoms with van der Waals surface area (Å²) in [5.41, 5.74) is 0.979. The lowest BCUT2D eigenvalue weighted by Crippen LogP contribution is -2.37. The number of para-hydroxylation sites is 1. The summed E-state index contributed by atoms with van der Waals surface area (Å²) in [6.45, 7) is 1.17. The third kappa shape index (κ3) is 5.47. The standard InChI is InChI=1S/C16H16Cl2N2O2/c17-13-7-5-12(6-8-13)11-20-16(21)19-9-10-22-15-4-2-1-3-14(15)18/h1-8H,9-11H2,(H2,19,20,21). The second-order valence-electron chi connectivity index (χ2n) is 4.51. The summed E-state index contributed by atoms with van der Waals surface area (Å²) in [7, 11) is 0. The van der Waals surface area contributed by atoms with Crippen molar-refractivity contribution in [3.8, 4) is 5.75 Å². The van der Waals surface area contributed by atoms with Gasteiger partial charge in [0.2, 0.25) is 0 Å². The van der Waals surface area contributed by atoms with E-state index in [4.69, 9.17) is 27.9 Å². The van der Waals surface area contributed by atoms with E-state index in [0.29, 0.717) is 35.5 Å². The molecule has 6 heteroatoms. The molecule has 0 aliphatic heterocycles. The van der Waals surface area contributed by atoms with Crippen LogP contribution in [0.25, 0.3) is 0 Å². The number of benzene rings is 2. The third-order valence-electron chi connectivity index (χ3n) is 2.85. The molecule has 2 aromatic carbocycles. The maximum Gasteiger partial charge on any atom is 0.315 e. The first-order valence-corrected chi connectivity index (χ1v) is 7.54. The first-order chi connectivity index (χ1) is 10.6. The van der Waals surface area contributed by atoms with Gasteiger partial charge >= 0.3 is 6.03 Å². The van der Waals surface area contributed by atoms with E-state index in [1.54, 1.807) is 24.3 Å². The minimum atomic E-state index is -0.252. The molecule has 2 N–H and O–H groups in total. The molecule has 4 nitrogen and oxygen atoms in total. The summed E-state index contributed by atoms with van der Waals surface area (Å²) in [4.78, 5) is 11.6. The first kappa shape index (κ1) is 16.5. The molecule has 0 spiro atoms. The Balaban J connectivity index is 1.64. The van der Waals surface area contributed by atoms with Crippen molar-refractivity contribution in [3.05, 3.63) is 64.1 Å². The van der Waals surface area contributed by atoms with Crippen molar-refractivity contribution in [2.75, 3.05) is 13.2 Å². The number of nitrogens with one attached hydrogen (secondary N) is 2. The van der Waals surface area contributed by atoms with Gasteiger partial charge in [0.05, 0.1) is 11.6 Å². The molecule has 0 bridgehead atoms. The Morgan fingerprint density at radius 2 is 1.73 bits per heavy atom. The van der Waals surface area contributed by atoms with Gasteiger partial charge in [-0.15, -0.1) is 0 Å². The highest BCUT2D eigenvalue weighted by atomic mass is 35.5. The molecule has 2 rings (SSSR count). The molecule has 0 aliphatic rings. The van der Waals surface area contributed by atoms with Gasteiger partial charge in [-0.05, 0) is 29.8 Å². The highest BCUT2D eigenvalue weighted by Crippen LogP contribution is 2.22. The predicted molar refractivity (Wildman–Crippen MR) is 88.6 cm³/mol. The molecule has 116 valence electrons. The molecular formula is C16H16Cl2N2O2. The third-order valence-corrected chi connectivity index (χ3v) is 3.41. The zero-order chi connectivity index (χ0) is 15.8. The van der Waals surface area contributed by atoms with Gasteiger partial charge in [0.15, 0.2) is 0 Å². The number of amides is 2. The average molecular weight is 339 g/mol. The number of halogens is 2. The average Bonchev–Trinajstić information content (AvgIpc) is 2.52. The van der Waals surface area contributed by atoms with Gasteiger partial charge in [-0.25, -0.2) is 4.79 Å². The topological polar surface area (TPSA) is 50.4 Å². The monoisotopic (exact) mass is 338 g/mol. The minimum absolute atomic E-state index is 0.252. The summed E-state index contributed by atoms with van der Waals surface area (Å²) in [5.74, 6) is 0.604. The lowest BCUT2D eigenvalue weighted by Gasteiger charge is -2.10. The highest BCUT2D eigenvalue weighted by molar-refractivity contribution is 6.32. The van der Waals surface area contributed by atoms with E-state index in [9.17, 15) is 4.79 Å². The van der Waals surface area contributed by atoms with E-state index in [2.05, 4.69) is 10.6 Å². The van der Waals surface area contributed by atoms with Gasteiger partial charge < -0.3 is 15.4 Å². The van der Waals surface area contributed by atoms with Crippen molar-refractivity contribution >= 4 is 29.2 Å². The predicted octanol–water partition coefficient (Wildman–Crippen LogP) is 3.87. The second kappa shape index (κ2) is 8.51. The molecule has 0 saturated heterocycles. The zero-order valence-corrected chi connectivity index (χ0v) is 13.3. The van der Waals surface area contributed by atoms with Crippen molar-refractivity contribution in [1.29, 1.82) is 0 Å². The summed E-state index contributed by atoms with van der Waals surface area (Å²) in [6.07, 6.45) is 0. The van der Waals surface area contributed by atoms with E-state index >= 15 is 0 Å². The molecule has 0 saturated carbocycles. The van der Waals surface area contributed by atoms with E-state index < -0.39 is 0 Å². The first-order valence-electron chi connectivity index (χ1n) is 6.78. The van der Waals surface area contributed by atoms with Gasteiger partial charge in [-0.3, -0.25) is 0 Å². The van der Waals surface area contributed by atoms with Gasteiger partial charge in [-0.1, -0.05) is 47.5 Å². The summed E-state index contributed by atoms with van der Waals surface area (Å²) >= 11 is 11.8. The Morgan fingerprint density at radius 1 is 1.00 bits per heavy atom. The van der Waals surface area contributed by atoms with Crippen LogP contribution in [0, 0.1) is 0 Å². The van der Waals surface area contributed by atoms with E-state index in [1.807, 2.05) is 24.3 Å². The number of rotatable bonds is 6. The van der Waals surface area contributed by atoms with Crippen LogP contribution < -0.4 is 15.4 Å². The molecule has 0 fully saturated rings. The van der Waals surface area contributed by atoms with Crippen molar-refractivity contribution in [3.63, 3.8) is 0 Å². The molecule has 0 radical (unpaired) electrons. The van der Waals surface area contributed by atoms with Crippen LogP contribution in [0.4, 0.5) is 4.79 Å². The minimum Gasteiger partial charge on any atom is -0.490 e. The molecule has 0 heterocycles. The van der Waals surface area contributed by atoms with E-state index in [0.717, 1.165) is 5.56 Å². The number of hydrogen-bond donors (Lipinski definition) is 2. The second-order valence-corrected chi connectivity index (χ2v) is 5.36. The molecule has 0 unspecified atom stereocenters. The molecule has 2 aromatic rings. The number of urea groups is 1. The molecule has 0 atom stereocenters. The Hall–Kier alpha value is -1.91. The Morgan fingerprint density at radius 3 is 2.45 bits per heavy atom. The number of carbonyl (C=O) groups excluding carboxylic acids is 1. The lowest BCUT2D eigenvalue weighted by atomic mass is 10.2. The summed E-state index contributed by atoms with van der Waals surface area (Å²) < 4.78 is 5.47. The number of ether oxygens (including phenoxy) is 1. The number of carbonyl (C=O) groups is 1. The van der Waals surface area contributed by atoms with Crippen LogP contribution in [-0.4, -0.2) is 19.2 Å². The largest absolute Gasteiger partial charge is 0.490 e. The van der Waals surface area contributed by atoms with Gasteiger partial charge in [0, 0.05) is 11.6 Å². The quantitative estimate of drug-likeness (QED) is 0.785. The maximum atomic E-state index is 11.6. The van der Waals surface area contributed by atoms with Crippen LogP contribution in [0.3, 0.4) is 0 Å². The number of hydrogen-bond acceptors (Lipinski definition) is 2. The van der Waals surface area contributed by atoms with Crippen LogP contribution in [-0.2, 0) is 6.54 Å². The van der Waals surface area contributed by atoms with Crippen molar-refractivity contribution in [2.24, 2.45) is 0 Å². The van der Waals surface area contributed by atoms with Crippen LogP contribution in [0.15, 0.2) is 48.5 Å². The lowest BCUT2D eigenvalue weighted by molar-refractivity contribution is 0.236. The molecule has 22 heavy (non-hydrogen) atoms. The highest BCUT2D eigenvalue weighted by Gasteiger charge is 2.02. The maximum absolute atomic E-state index is 11.6. The SMILES string of the molecule is O=C(NCCOc1ccccc1Cl)NCc1ccc(Cl)cc1. The molecule has 0 aromatic heterocycles. The van der Waals surface area contributed by atoms with Crippen LogP contribution in [0.2, 0.25) is 10.0 Å². The van der Waals surface area contributed by atoms with E-state index in [1.165, 1.54) is 0 Å². The van der Waals surface area contributed by atoms with Crippen LogP contribution in [0.5, 0.6) is 5.75 Å². The van der Waals surface area contributed by atoms with Crippen molar-refractivity contribution < 1.29 is 9.53 Å². The molecular weight excluding hydrogens is 323 g/mol. The molecule has 0 aliphatic carbocycles. The van der Waals surface area contributed by atoms with Gasteiger partial charge in [0.1, 0.15) is 12.4 Å². The fourth-order valence-corrected chi connectivity index (χ4v) is 2.05. The summed E-state index contributed by atoms with van der Waals surface area (Å²) in [5, 5.41) is 6.69. The normalized spacial score (nSPS) is 10.1. The fourth-order valence-electron chi connectivity index (χ4n) is 1.73. The summed E-state index contributed by atoms with van der Waals surface area (Å²) in [6, 6.07) is 14.3. The van der Waals surface area contributed by atoms with E-state index in [-0.39, 0.29) is 6.03 Å².